The molecule has 1 aromatic heterocycles. The summed E-state index contributed by atoms with van der Waals surface area (Å²) >= 11 is 6.22. The lowest BCUT2D eigenvalue weighted by atomic mass is 10.1. The highest BCUT2D eigenvalue weighted by molar-refractivity contribution is 6.31. The molecular weight excluding hydrogens is 437 g/mol. The number of hydrogen-bond acceptors (Lipinski definition) is 2. The first-order valence-corrected chi connectivity index (χ1v) is 10.9. The van der Waals surface area contributed by atoms with Crippen LogP contribution in [-0.2, 0) is 17.8 Å². The topological polar surface area (TPSA) is 57.8 Å². The van der Waals surface area contributed by atoms with Crippen LogP contribution in [0.3, 0.4) is 0 Å². The van der Waals surface area contributed by atoms with E-state index in [4.69, 9.17) is 11.6 Å². The predicted octanol–water partition coefficient (Wildman–Crippen LogP) is 5.75. The molecule has 0 spiro atoms. The van der Waals surface area contributed by atoms with E-state index in [9.17, 15) is 14.4 Å². The Morgan fingerprint density at radius 3 is 2.58 bits per heavy atom. The SMILES string of the molecule is N#C/C(=C\c1cn(Cc2c(F)cccc2Cl)c2ccccc12)C(=O)NCCc1ccccc1. The molecular formula is C27H21ClFN3O. The molecule has 1 heterocycles. The van der Waals surface area contributed by atoms with Crippen LogP contribution in [0.25, 0.3) is 17.0 Å². The van der Waals surface area contributed by atoms with Crippen molar-refractivity contribution in [3.8, 4) is 6.07 Å². The van der Waals surface area contributed by atoms with E-state index in [1.54, 1.807) is 18.2 Å². The van der Waals surface area contributed by atoms with Crippen LogP contribution in [0.4, 0.5) is 4.39 Å². The first-order valence-electron chi connectivity index (χ1n) is 10.5. The smallest absolute Gasteiger partial charge is 0.261 e. The van der Waals surface area contributed by atoms with Crippen molar-refractivity contribution in [3.05, 3.63) is 112 Å². The average Bonchev–Trinajstić information content (AvgIpc) is 3.18. The zero-order chi connectivity index (χ0) is 23.2. The Morgan fingerprint density at radius 1 is 1.06 bits per heavy atom. The third-order valence-electron chi connectivity index (χ3n) is 5.42. The maximum absolute atomic E-state index is 14.3. The van der Waals surface area contributed by atoms with Crippen LogP contribution >= 0.6 is 11.6 Å². The number of aromatic nitrogens is 1. The first-order chi connectivity index (χ1) is 16.1. The molecule has 0 atom stereocenters. The molecule has 6 heteroatoms. The normalized spacial score (nSPS) is 11.4. The molecule has 164 valence electrons. The molecule has 0 aliphatic rings. The summed E-state index contributed by atoms with van der Waals surface area (Å²) in [6.07, 6.45) is 4.05. The number of carbonyl (C=O) groups is 1. The standard InChI is InChI=1S/C27H21ClFN3O/c28-24-10-6-11-25(29)23(24)18-32-17-21(22-9-4-5-12-26(22)32)15-20(16-30)27(33)31-14-13-19-7-2-1-3-8-19/h1-12,15,17H,13-14,18H2,(H,31,33)/b20-15+. The van der Waals surface area contributed by atoms with Crippen molar-refractivity contribution in [2.75, 3.05) is 6.54 Å². The van der Waals surface area contributed by atoms with Gasteiger partial charge in [0.25, 0.3) is 5.91 Å². The van der Waals surface area contributed by atoms with E-state index >= 15 is 0 Å². The highest BCUT2D eigenvalue weighted by Gasteiger charge is 2.14. The van der Waals surface area contributed by atoms with Crippen molar-refractivity contribution in [3.63, 3.8) is 0 Å². The summed E-state index contributed by atoms with van der Waals surface area (Å²) in [5.74, 6) is -0.810. The lowest BCUT2D eigenvalue weighted by Gasteiger charge is -2.08. The summed E-state index contributed by atoms with van der Waals surface area (Å²) in [5, 5.41) is 13.6. The van der Waals surface area contributed by atoms with Crippen molar-refractivity contribution in [1.82, 2.24) is 9.88 Å². The number of nitrogens with zero attached hydrogens (tertiary/aromatic N) is 2. The Bertz CT molecular complexity index is 1350. The number of rotatable bonds is 7. The van der Waals surface area contributed by atoms with Crippen LogP contribution < -0.4 is 5.32 Å². The van der Waals surface area contributed by atoms with Crippen LogP contribution in [0.1, 0.15) is 16.7 Å². The van der Waals surface area contributed by atoms with Gasteiger partial charge in [-0.3, -0.25) is 4.79 Å². The van der Waals surface area contributed by atoms with Crippen molar-refractivity contribution in [2.45, 2.75) is 13.0 Å². The molecule has 4 rings (SSSR count). The Balaban J connectivity index is 1.59. The number of nitrogens with one attached hydrogen (secondary N) is 1. The van der Waals surface area contributed by atoms with Crippen molar-refractivity contribution >= 4 is 34.5 Å². The van der Waals surface area contributed by atoms with E-state index in [1.807, 2.05) is 71.4 Å². The fourth-order valence-corrected chi connectivity index (χ4v) is 3.96. The van der Waals surface area contributed by atoms with Gasteiger partial charge >= 0.3 is 0 Å². The van der Waals surface area contributed by atoms with Crippen LogP contribution in [-0.4, -0.2) is 17.0 Å². The lowest BCUT2D eigenvalue weighted by Crippen LogP contribution is -2.26. The Kier molecular flexibility index (Phi) is 6.87. The van der Waals surface area contributed by atoms with Gasteiger partial charge in [0.05, 0.1) is 6.54 Å². The zero-order valence-corrected chi connectivity index (χ0v) is 18.5. The predicted molar refractivity (Wildman–Crippen MR) is 129 cm³/mol. The van der Waals surface area contributed by atoms with Gasteiger partial charge in [-0.25, -0.2) is 4.39 Å². The fourth-order valence-electron chi connectivity index (χ4n) is 3.74. The zero-order valence-electron chi connectivity index (χ0n) is 17.8. The van der Waals surface area contributed by atoms with Gasteiger partial charge in [0.1, 0.15) is 17.5 Å². The first kappa shape index (κ1) is 22.3. The Labute approximate surface area is 196 Å². The molecule has 1 N–H and O–H groups in total. The molecule has 0 saturated heterocycles. The molecule has 0 bridgehead atoms. The number of nitriles is 1. The second kappa shape index (κ2) is 10.2. The van der Waals surface area contributed by atoms with E-state index in [-0.39, 0.29) is 17.9 Å². The maximum atomic E-state index is 14.3. The van der Waals surface area contributed by atoms with Crippen molar-refractivity contribution in [2.24, 2.45) is 0 Å². The van der Waals surface area contributed by atoms with Gasteiger partial charge < -0.3 is 9.88 Å². The van der Waals surface area contributed by atoms with Gasteiger partial charge in [-0.2, -0.15) is 5.26 Å². The molecule has 0 aliphatic carbocycles. The molecule has 0 saturated carbocycles. The summed E-state index contributed by atoms with van der Waals surface area (Å²) < 4.78 is 16.2. The molecule has 3 aromatic carbocycles. The third kappa shape index (κ3) is 5.14. The van der Waals surface area contributed by atoms with Crippen LogP contribution in [0.5, 0.6) is 0 Å². The summed E-state index contributed by atoms with van der Waals surface area (Å²) in [4.78, 5) is 12.6. The molecule has 4 nitrogen and oxygen atoms in total. The number of halogens is 2. The fraction of sp³-hybridized carbons (Fsp3) is 0.111. The highest BCUT2D eigenvalue weighted by atomic mass is 35.5. The summed E-state index contributed by atoms with van der Waals surface area (Å²) in [7, 11) is 0. The Morgan fingerprint density at radius 2 is 1.82 bits per heavy atom. The van der Waals surface area contributed by atoms with Gasteiger partial charge in [0, 0.05) is 39.8 Å². The number of amides is 1. The van der Waals surface area contributed by atoms with E-state index < -0.39 is 5.91 Å². The maximum Gasteiger partial charge on any atom is 0.261 e. The molecule has 0 unspecified atom stereocenters. The van der Waals surface area contributed by atoms with Crippen LogP contribution in [0.15, 0.2) is 84.6 Å². The van der Waals surface area contributed by atoms with Gasteiger partial charge in [0.15, 0.2) is 0 Å². The molecule has 0 radical (unpaired) electrons. The third-order valence-corrected chi connectivity index (χ3v) is 5.77. The number of hydrogen-bond donors (Lipinski definition) is 1. The van der Waals surface area contributed by atoms with Crippen molar-refractivity contribution < 1.29 is 9.18 Å². The molecule has 4 aromatic rings. The van der Waals surface area contributed by atoms with Crippen LogP contribution in [0, 0.1) is 17.1 Å². The largest absolute Gasteiger partial charge is 0.351 e. The van der Waals surface area contributed by atoms with E-state index in [0.29, 0.717) is 29.1 Å². The number of para-hydroxylation sites is 1. The van der Waals surface area contributed by atoms with Gasteiger partial charge in [-0.15, -0.1) is 0 Å². The summed E-state index contributed by atoms with van der Waals surface area (Å²) in [6.45, 7) is 0.653. The minimum Gasteiger partial charge on any atom is -0.351 e. The number of carbonyl (C=O) groups excluding carboxylic acids is 1. The van der Waals surface area contributed by atoms with Gasteiger partial charge in [0.2, 0.25) is 0 Å². The van der Waals surface area contributed by atoms with Crippen LogP contribution in [0.2, 0.25) is 5.02 Å². The summed E-state index contributed by atoms with van der Waals surface area (Å²) in [6, 6.07) is 24.0. The number of fused-ring (bicyclic) bond motifs is 1. The van der Waals surface area contributed by atoms with E-state index in [0.717, 1.165) is 16.5 Å². The van der Waals surface area contributed by atoms with E-state index in [2.05, 4.69) is 5.32 Å². The monoisotopic (exact) mass is 457 g/mol. The molecule has 0 fully saturated rings. The second-order valence-electron chi connectivity index (χ2n) is 7.59. The highest BCUT2D eigenvalue weighted by Crippen LogP contribution is 2.27. The Hall–Kier alpha value is -3.88. The minimum absolute atomic E-state index is 0.00916. The van der Waals surface area contributed by atoms with E-state index in [1.165, 1.54) is 6.07 Å². The molecule has 1 amide bonds. The van der Waals surface area contributed by atoms with Gasteiger partial charge in [-0.05, 0) is 36.3 Å². The minimum atomic E-state index is -0.428. The molecule has 33 heavy (non-hydrogen) atoms. The number of benzene rings is 3. The second-order valence-corrected chi connectivity index (χ2v) is 8.00. The quantitative estimate of drug-likeness (QED) is 0.284. The van der Waals surface area contributed by atoms with Gasteiger partial charge in [-0.1, -0.05) is 66.2 Å². The average molecular weight is 458 g/mol. The summed E-state index contributed by atoms with van der Waals surface area (Å²) in [5.41, 5.74) is 3.05. The van der Waals surface area contributed by atoms with Crippen molar-refractivity contribution in [1.29, 1.82) is 5.26 Å². The lowest BCUT2D eigenvalue weighted by molar-refractivity contribution is -0.117. The molecule has 0 aliphatic heterocycles.